The van der Waals surface area contributed by atoms with Crippen LogP contribution in [0.25, 0.3) is 0 Å². The molecule has 2 aromatic rings. The molecule has 9 heteroatoms. The molecule has 0 radical (unpaired) electrons. The van der Waals surface area contributed by atoms with E-state index in [0.717, 1.165) is 6.26 Å². The van der Waals surface area contributed by atoms with Crippen LogP contribution in [-0.4, -0.2) is 25.5 Å². The van der Waals surface area contributed by atoms with E-state index in [1.54, 1.807) is 31.2 Å². The SMILES string of the molecule is Cc1ccc(C(=O)NCc2ccccc2NS(C)(=O)=O)cc1[N+](=O)[O-]. The third-order valence-corrected chi connectivity index (χ3v) is 4.01. The number of benzene rings is 2. The Bertz CT molecular complexity index is 925. The third kappa shape index (κ3) is 5.01. The Labute approximate surface area is 145 Å². The van der Waals surface area contributed by atoms with E-state index >= 15 is 0 Å². The molecule has 0 aliphatic heterocycles. The van der Waals surface area contributed by atoms with Crippen LogP contribution in [-0.2, 0) is 16.6 Å². The number of anilines is 1. The highest BCUT2D eigenvalue weighted by Crippen LogP contribution is 2.20. The quantitative estimate of drug-likeness (QED) is 0.602. The fourth-order valence-corrected chi connectivity index (χ4v) is 2.80. The molecule has 2 N–H and O–H groups in total. The van der Waals surface area contributed by atoms with Crippen molar-refractivity contribution < 1.29 is 18.1 Å². The van der Waals surface area contributed by atoms with Crippen molar-refractivity contribution in [3.8, 4) is 0 Å². The van der Waals surface area contributed by atoms with Gasteiger partial charge in [-0.15, -0.1) is 0 Å². The maximum absolute atomic E-state index is 12.2. The minimum Gasteiger partial charge on any atom is -0.348 e. The lowest BCUT2D eigenvalue weighted by molar-refractivity contribution is -0.385. The van der Waals surface area contributed by atoms with Gasteiger partial charge in [-0.05, 0) is 24.6 Å². The second kappa shape index (κ2) is 7.31. The molecular weight excluding hydrogens is 346 g/mol. The fourth-order valence-electron chi connectivity index (χ4n) is 2.20. The van der Waals surface area contributed by atoms with Crippen LogP contribution in [0.15, 0.2) is 42.5 Å². The maximum Gasteiger partial charge on any atom is 0.273 e. The molecule has 0 aliphatic rings. The van der Waals surface area contributed by atoms with Gasteiger partial charge in [0.05, 0.1) is 16.9 Å². The molecule has 2 rings (SSSR count). The third-order valence-electron chi connectivity index (χ3n) is 3.42. The lowest BCUT2D eigenvalue weighted by Crippen LogP contribution is -2.24. The summed E-state index contributed by atoms with van der Waals surface area (Å²) < 4.78 is 25.1. The topological polar surface area (TPSA) is 118 Å². The number of nitro benzene ring substituents is 1. The van der Waals surface area contributed by atoms with Crippen molar-refractivity contribution in [1.29, 1.82) is 0 Å². The number of amides is 1. The molecule has 0 fully saturated rings. The molecule has 0 bridgehead atoms. The van der Waals surface area contributed by atoms with Crippen molar-refractivity contribution in [3.05, 3.63) is 69.3 Å². The lowest BCUT2D eigenvalue weighted by Gasteiger charge is -2.11. The number of carbonyl (C=O) groups excluding carboxylic acids is 1. The average Bonchev–Trinajstić information content (AvgIpc) is 2.52. The van der Waals surface area contributed by atoms with Crippen LogP contribution in [0.1, 0.15) is 21.5 Å². The average molecular weight is 363 g/mol. The predicted octanol–water partition coefficient (Wildman–Crippen LogP) is 2.20. The van der Waals surface area contributed by atoms with Crippen LogP contribution in [0.3, 0.4) is 0 Å². The number of hydrogen-bond donors (Lipinski definition) is 2. The van der Waals surface area contributed by atoms with Gasteiger partial charge in [0.25, 0.3) is 11.6 Å². The molecule has 0 spiro atoms. The van der Waals surface area contributed by atoms with E-state index in [4.69, 9.17) is 0 Å². The number of rotatable bonds is 6. The molecule has 132 valence electrons. The summed E-state index contributed by atoms with van der Waals surface area (Å²) in [6.45, 7) is 1.66. The number of carbonyl (C=O) groups is 1. The lowest BCUT2D eigenvalue weighted by atomic mass is 10.1. The summed E-state index contributed by atoms with van der Waals surface area (Å²) in [5, 5.41) is 13.6. The van der Waals surface area contributed by atoms with E-state index in [1.807, 2.05) is 0 Å². The van der Waals surface area contributed by atoms with Gasteiger partial charge in [-0.25, -0.2) is 8.42 Å². The molecule has 0 saturated carbocycles. The molecule has 0 heterocycles. The smallest absolute Gasteiger partial charge is 0.273 e. The molecule has 0 aromatic heterocycles. The monoisotopic (exact) mass is 363 g/mol. The van der Waals surface area contributed by atoms with Crippen molar-refractivity contribution in [2.45, 2.75) is 13.5 Å². The first-order valence-corrected chi connectivity index (χ1v) is 9.15. The maximum atomic E-state index is 12.2. The number of aryl methyl sites for hydroxylation is 1. The van der Waals surface area contributed by atoms with Crippen LogP contribution in [0.4, 0.5) is 11.4 Å². The van der Waals surface area contributed by atoms with E-state index in [0.29, 0.717) is 16.8 Å². The zero-order chi connectivity index (χ0) is 18.6. The van der Waals surface area contributed by atoms with Gasteiger partial charge in [0.1, 0.15) is 0 Å². The Morgan fingerprint density at radius 3 is 2.52 bits per heavy atom. The van der Waals surface area contributed by atoms with Gasteiger partial charge in [0, 0.05) is 23.7 Å². The molecule has 0 saturated heterocycles. The van der Waals surface area contributed by atoms with Crippen molar-refractivity contribution in [2.75, 3.05) is 11.0 Å². The van der Waals surface area contributed by atoms with Gasteiger partial charge in [-0.1, -0.05) is 24.3 Å². The number of nitrogens with zero attached hydrogens (tertiary/aromatic N) is 1. The Balaban J connectivity index is 2.16. The van der Waals surface area contributed by atoms with E-state index in [-0.39, 0.29) is 17.8 Å². The predicted molar refractivity (Wildman–Crippen MR) is 93.9 cm³/mol. The summed E-state index contributed by atoms with van der Waals surface area (Å²) in [5.41, 5.74) is 1.42. The summed E-state index contributed by atoms with van der Waals surface area (Å²) >= 11 is 0. The van der Waals surface area contributed by atoms with E-state index in [9.17, 15) is 23.3 Å². The highest BCUT2D eigenvalue weighted by atomic mass is 32.2. The Kier molecular flexibility index (Phi) is 5.38. The molecular formula is C16H17N3O5S. The van der Waals surface area contributed by atoms with Gasteiger partial charge < -0.3 is 5.32 Å². The van der Waals surface area contributed by atoms with Gasteiger partial charge in [-0.2, -0.15) is 0 Å². The Hall–Kier alpha value is -2.94. The number of hydrogen-bond acceptors (Lipinski definition) is 5. The van der Waals surface area contributed by atoms with Crippen molar-refractivity contribution in [1.82, 2.24) is 5.32 Å². The van der Waals surface area contributed by atoms with Crippen LogP contribution in [0.5, 0.6) is 0 Å². The minimum atomic E-state index is -3.45. The van der Waals surface area contributed by atoms with Gasteiger partial charge in [0.15, 0.2) is 0 Å². The number of para-hydroxylation sites is 1. The van der Waals surface area contributed by atoms with Crippen molar-refractivity contribution in [2.24, 2.45) is 0 Å². The second-order valence-corrected chi connectivity index (χ2v) is 7.22. The number of sulfonamides is 1. The first-order chi connectivity index (χ1) is 11.7. The highest BCUT2D eigenvalue weighted by molar-refractivity contribution is 7.92. The number of nitrogens with one attached hydrogen (secondary N) is 2. The molecule has 0 aliphatic carbocycles. The summed E-state index contributed by atoms with van der Waals surface area (Å²) in [6.07, 6.45) is 1.04. The zero-order valence-electron chi connectivity index (χ0n) is 13.6. The molecule has 1 amide bonds. The first-order valence-electron chi connectivity index (χ1n) is 7.26. The van der Waals surface area contributed by atoms with Crippen LogP contribution in [0, 0.1) is 17.0 Å². The summed E-state index contributed by atoms with van der Waals surface area (Å²) in [7, 11) is -3.45. The molecule has 8 nitrogen and oxygen atoms in total. The molecule has 2 aromatic carbocycles. The summed E-state index contributed by atoms with van der Waals surface area (Å²) in [6, 6.07) is 10.9. The van der Waals surface area contributed by atoms with Gasteiger partial charge >= 0.3 is 0 Å². The first kappa shape index (κ1) is 18.4. The fraction of sp³-hybridized carbons (Fsp3) is 0.188. The zero-order valence-corrected chi connectivity index (χ0v) is 14.5. The largest absolute Gasteiger partial charge is 0.348 e. The van der Waals surface area contributed by atoms with Gasteiger partial charge in [-0.3, -0.25) is 19.6 Å². The van der Waals surface area contributed by atoms with Crippen LogP contribution < -0.4 is 10.0 Å². The van der Waals surface area contributed by atoms with Crippen molar-refractivity contribution >= 4 is 27.3 Å². The molecule has 25 heavy (non-hydrogen) atoms. The standard InChI is InChI=1S/C16H17N3O5S/c1-11-7-8-12(9-15(11)19(21)22)16(20)17-10-13-5-3-4-6-14(13)18-25(2,23)24/h3-9,18H,10H2,1-2H3,(H,17,20). The Morgan fingerprint density at radius 2 is 1.88 bits per heavy atom. The second-order valence-electron chi connectivity index (χ2n) is 5.47. The van der Waals surface area contributed by atoms with Crippen LogP contribution in [0.2, 0.25) is 0 Å². The summed E-state index contributed by atoms with van der Waals surface area (Å²) in [4.78, 5) is 22.6. The molecule has 0 unspecified atom stereocenters. The van der Waals surface area contributed by atoms with E-state index in [1.165, 1.54) is 18.2 Å². The van der Waals surface area contributed by atoms with Gasteiger partial charge in [0.2, 0.25) is 10.0 Å². The van der Waals surface area contributed by atoms with E-state index < -0.39 is 20.9 Å². The normalized spacial score (nSPS) is 11.0. The number of nitro groups is 1. The van der Waals surface area contributed by atoms with E-state index in [2.05, 4.69) is 10.0 Å². The minimum absolute atomic E-state index is 0.0687. The Morgan fingerprint density at radius 1 is 1.20 bits per heavy atom. The molecule has 0 atom stereocenters. The van der Waals surface area contributed by atoms with Crippen molar-refractivity contribution in [3.63, 3.8) is 0 Å². The highest BCUT2D eigenvalue weighted by Gasteiger charge is 2.15. The van der Waals surface area contributed by atoms with Crippen LogP contribution >= 0.6 is 0 Å². The summed E-state index contributed by atoms with van der Waals surface area (Å²) in [5.74, 6) is -0.489.